The quantitative estimate of drug-likeness (QED) is 0.654. The normalized spacial score (nSPS) is 10.9. The van der Waals surface area contributed by atoms with Gasteiger partial charge in [-0.05, 0) is 48.7 Å². The van der Waals surface area contributed by atoms with Crippen molar-refractivity contribution in [2.24, 2.45) is 0 Å². The van der Waals surface area contributed by atoms with Gasteiger partial charge in [-0.1, -0.05) is 37.3 Å². The summed E-state index contributed by atoms with van der Waals surface area (Å²) in [5.74, 6) is -0.145. The lowest BCUT2D eigenvalue weighted by molar-refractivity contribution is 0.0526. The molecular weight excluding hydrogens is 348 g/mol. The summed E-state index contributed by atoms with van der Waals surface area (Å²) < 4.78 is 5.83. The maximum Gasteiger partial charge on any atom is 0.338 e. The number of anilines is 1. The lowest BCUT2D eigenvalue weighted by Gasteiger charge is -2.06. The Morgan fingerprint density at radius 2 is 1.81 bits per heavy atom. The van der Waals surface area contributed by atoms with Crippen LogP contribution in [0.4, 0.5) is 5.13 Å². The average Bonchev–Trinajstić information content (AvgIpc) is 3.03. The molecule has 0 saturated carbocycles. The van der Waals surface area contributed by atoms with Crippen LogP contribution in [0.15, 0.2) is 42.5 Å². The molecule has 0 aliphatic rings. The third kappa shape index (κ3) is 3.91. The minimum Gasteiger partial charge on any atom is -0.462 e. The van der Waals surface area contributed by atoms with Crippen LogP contribution in [0.25, 0.3) is 10.2 Å². The molecule has 0 unspecified atom stereocenters. The average molecular weight is 368 g/mol. The molecule has 134 valence electrons. The molecule has 1 aromatic heterocycles. The number of thiazole rings is 1. The SMILES string of the molecule is CCOC(=O)c1ccc2nc(NC(=O)c3ccc(C(C)C)cc3)sc2c1. The zero-order chi connectivity index (χ0) is 18.7. The molecule has 0 bridgehead atoms. The molecule has 1 amide bonds. The second-order valence-corrected chi connectivity index (χ2v) is 7.18. The number of ether oxygens (including phenoxy) is 1. The van der Waals surface area contributed by atoms with E-state index >= 15 is 0 Å². The molecule has 3 rings (SSSR count). The number of aromatic nitrogens is 1. The lowest BCUT2D eigenvalue weighted by atomic mass is 10.0. The van der Waals surface area contributed by atoms with E-state index in [1.807, 2.05) is 24.3 Å². The van der Waals surface area contributed by atoms with Crippen molar-refractivity contribution in [2.45, 2.75) is 26.7 Å². The van der Waals surface area contributed by atoms with Crippen LogP contribution in [-0.4, -0.2) is 23.5 Å². The highest BCUT2D eigenvalue weighted by molar-refractivity contribution is 7.22. The Morgan fingerprint density at radius 3 is 2.46 bits per heavy atom. The molecule has 6 heteroatoms. The lowest BCUT2D eigenvalue weighted by Crippen LogP contribution is -2.11. The van der Waals surface area contributed by atoms with Crippen LogP contribution in [0.1, 0.15) is 53.0 Å². The molecule has 0 spiro atoms. The van der Waals surface area contributed by atoms with E-state index in [9.17, 15) is 9.59 Å². The van der Waals surface area contributed by atoms with E-state index < -0.39 is 0 Å². The first-order chi connectivity index (χ1) is 12.5. The molecule has 0 radical (unpaired) electrons. The number of esters is 1. The number of hydrogen-bond donors (Lipinski definition) is 1. The van der Waals surface area contributed by atoms with Crippen molar-refractivity contribution < 1.29 is 14.3 Å². The highest BCUT2D eigenvalue weighted by Gasteiger charge is 2.13. The molecular formula is C20H20N2O3S. The Kier molecular flexibility index (Phi) is 5.32. The topological polar surface area (TPSA) is 68.3 Å². The number of carbonyl (C=O) groups is 2. The van der Waals surface area contributed by atoms with E-state index in [1.54, 1.807) is 25.1 Å². The van der Waals surface area contributed by atoms with Crippen molar-refractivity contribution in [1.29, 1.82) is 0 Å². The van der Waals surface area contributed by atoms with Crippen LogP contribution in [0, 0.1) is 0 Å². The summed E-state index contributed by atoms with van der Waals surface area (Å²) in [6, 6.07) is 12.7. The summed E-state index contributed by atoms with van der Waals surface area (Å²) in [7, 11) is 0. The van der Waals surface area contributed by atoms with Crippen LogP contribution in [0.3, 0.4) is 0 Å². The Labute approximate surface area is 156 Å². The third-order valence-corrected chi connectivity index (χ3v) is 4.89. The molecule has 3 aromatic rings. The van der Waals surface area contributed by atoms with Crippen molar-refractivity contribution in [1.82, 2.24) is 4.98 Å². The van der Waals surface area contributed by atoms with Crippen molar-refractivity contribution in [3.05, 3.63) is 59.2 Å². The minimum absolute atomic E-state index is 0.204. The Hall–Kier alpha value is -2.73. The van der Waals surface area contributed by atoms with Crippen LogP contribution < -0.4 is 5.32 Å². The molecule has 26 heavy (non-hydrogen) atoms. The molecule has 0 atom stereocenters. The fourth-order valence-corrected chi connectivity index (χ4v) is 3.41. The number of amides is 1. The molecule has 0 saturated heterocycles. The highest BCUT2D eigenvalue weighted by atomic mass is 32.1. The molecule has 1 heterocycles. The maximum atomic E-state index is 12.4. The van der Waals surface area contributed by atoms with Crippen LogP contribution in [-0.2, 0) is 4.74 Å². The van der Waals surface area contributed by atoms with Crippen LogP contribution in [0.2, 0.25) is 0 Å². The van der Waals surface area contributed by atoms with E-state index in [-0.39, 0.29) is 11.9 Å². The minimum atomic E-state index is -0.362. The zero-order valence-electron chi connectivity index (χ0n) is 14.9. The van der Waals surface area contributed by atoms with Crippen molar-refractivity contribution in [2.75, 3.05) is 11.9 Å². The smallest absolute Gasteiger partial charge is 0.338 e. The molecule has 0 aliphatic heterocycles. The van der Waals surface area contributed by atoms with E-state index in [2.05, 4.69) is 24.1 Å². The van der Waals surface area contributed by atoms with E-state index in [1.165, 1.54) is 16.9 Å². The largest absolute Gasteiger partial charge is 0.462 e. The molecule has 0 fully saturated rings. The summed E-state index contributed by atoms with van der Waals surface area (Å²) in [4.78, 5) is 28.6. The van der Waals surface area contributed by atoms with Gasteiger partial charge in [0.15, 0.2) is 5.13 Å². The van der Waals surface area contributed by atoms with Gasteiger partial charge in [-0.3, -0.25) is 10.1 Å². The monoisotopic (exact) mass is 368 g/mol. The first-order valence-corrected chi connectivity index (χ1v) is 9.28. The Balaban J connectivity index is 1.77. The van der Waals surface area contributed by atoms with E-state index in [0.29, 0.717) is 28.8 Å². The first kappa shape index (κ1) is 18.1. The molecule has 2 aromatic carbocycles. The van der Waals surface area contributed by atoms with E-state index in [0.717, 1.165) is 10.2 Å². The summed E-state index contributed by atoms with van der Waals surface area (Å²) in [6.07, 6.45) is 0. The second-order valence-electron chi connectivity index (χ2n) is 6.15. The van der Waals surface area contributed by atoms with Gasteiger partial charge in [0.05, 0.1) is 22.4 Å². The van der Waals surface area contributed by atoms with Gasteiger partial charge in [0, 0.05) is 5.56 Å². The van der Waals surface area contributed by atoms with Gasteiger partial charge in [-0.2, -0.15) is 0 Å². The molecule has 5 nitrogen and oxygen atoms in total. The summed E-state index contributed by atoms with van der Waals surface area (Å²) >= 11 is 1.33. The van der Waals surface area contributed by atoms with Crippen molar-refractivity contribution in [3.8, 4) is 0 Å². The van der Waals surface area contributed by atoms with Gasteiger partial charge in [0.1, 0.15) is 0 Å². The van der Waals surface area contributed by atoms with Gasteiger partial charge in [-0.15, -0.1) is 0 Å². The Morgan fingerprint density at radius 1 is 1.12 bits per heavy atom. The predicted octanol–water partition coefficient (Wildman–Crippen LogP) is 4.85. The highest BCUT2D eigenvalue weighted by Crippen LogP contribution is 2.27. The number of rotatable bonds is 5. The number of nitrogens with one attached hydrogen (secondary N) is 1. The van der Waals surface area contributed by atoms with Gasteiger partial charge >= 0.3 is 5.97 Å². The van der Waals surface area contributed by atoms with Gasteiger partial charge < -0.3 is 4.74 Å². The fourth-order valence-electron chi connectivity index (χ4n) is 2.51. The number of benzene rings is 2. The first-order valence-electron chi connectivity index (χ1n) is 8.47. The fraction of sp³-hybridized carbons (Fsp3) is 0.250. The number of hydrogen-bond acceptors (Lipinski definition) is 5. The number of nitrogens with zero attached hydrogens (tertiary/aromatic N) is 1. The van der Waals surface area contributed by atoms with Crippen LogP contribution >= 0.6 is 11.3 Å². The maximum absolute atomic E-state index is 12.4. The zero-order valence-corrected chi connectivity index (χ0v) is 15.7. The summed E-state index contributed by atoms with van der Waals surface area (Å²) in [6.45, 7) is 6.32. The van der Waals surface area contributed by atoms with Crippen molar-refractivity contribution >= 4 is 38.6 Å². The standard InChI is InChI=1S/C20H20N2O3S/c1-4-25-19(24)15-9-10-16-17(11-15)26-20(21-16)22-18(23)14-7-5-13(6-8-14)12(2)3/h5-12H,4H2,1-3H3,(H,21,22,23). The van der Waals surface area contributed by atoms with Gasteiger partial charge in [0.25, 0.3) is 5.91 Å². The molecule has 0 aliphatic carbocycles. The number of carbonyl (C=O) groups excluding carboxylic acids is 2. The summed E-state index contributed by atoms with van der Waals surface area (Å²) in [5, 5.41) is 3.32. The predicted molar refractivity (Wildman–Crippen MR) is 104 cm³/mol. The second kappa shape index (κ2) is 7.66. The number of fused-ring (bicyclic) bond motifs is 1. The van der Waals surface area contributed by atoms with Gasteiger partial charge in [-0.25, -0.2) is 9.78 Å². The van der Waals surface area contributed by atoms with Crippen molar-refractivity contribution in [3.63, 3.8) is 0 Å². The summed E-state index contributed by atoms with van der Waals surface area (Å²) in [5.41, 5.74) is 2.98. The Bertz CT molecular complexity index is 945. The van der Waals surface area contributed by atoms with Crippen LogP contribution in [0.5, 0.6) is 0 Å². The van der Waals surface area contributed by atoms with Gasteiger partial charge in [0.2, 0.25) is 0 Å². The molecule has 1 N–H and O–H groups in total. The van der Waals surface area contributed by atoms with E-state index in [4.69, 9.17) is 4.74 Å². The third-order valence-electron chi connectivity index (χ3n) is 3.96.